The van der Waals surface area contributed by atoms with Crippen LogP contribution in [0.1, 0.15) is 53.9 Å². The summed E-state index contributed by atoms with van der Waals surface area (Å²) in [5.41, 5.74) is 2.12. The van der Waals surface area contributed by atoms with Crippen molar-refractivity contribution < 1.29 is 4.79 Å². The van der Waals surface area contributed by atoms with Crippen molar-refractivity contribution in [1.29, 1.82) is 0 Å². The van der Waals surface area contributed by atoms with E-state index in [4.69, 9.17) is 0 Å². The molecule has 0 aliphatic carbocycles. The molecule has 0 unspecified atom stereocenters. The molecule has 0 saturated heterocycles. The average molecular weight is 334 g/mol. The Morgan fingerprint density at radius 3 is 2.65 bits per heavy atom. The molecule has 0 radical (unpaired) electrons. The molecule has 2 rings (SSSR count). The molecule has 0 saturated carbocycles. The van der Waals surface area contributed by atoms with E-state index in [9.17, 15) is 4.79 Å². The van der Waals surface area contributed by atoms with E-state index in [1.807, 2.05) is 51.0 Å². The van der Waals surface area contributed by atoms with Gasteiger partial charge in [0.25, 0.3) is 0 Å². The van der Waals surface area contributed by atoms with Gasteiger partial charge in [-0.05, 0) is 25.5 Å². The molecule has 0 aliphatic heterocycles. The van der Waals surface area contributed by atoms with E-state index in [1.165, 1.54) is 0 Å². The van der Waals surface area contributed by atoms with Gasteiger partial charge in [-0.2, -0.15) is 0 Å². The maximum Gasteiger partial charge on any atom is 0.317 e. The number of rotatable bonds is 5. The van der Waals surface area contributed by atoms with Crippen LogP contribution in [0.25, 0.3) is 0 Å². The van der Waals surface area contributed by atoms with E-state index >= 15 is 0 Å². The van der Waals surface area contributed by atoms with E-state index in [0.717, 1.165) is 21.1 Å². The molecule has 0 bridgehead atoms. The summed E-state index contributed by atoms with van der Waals surface area (Å²) in [5, 5.41) is 4.10. The molecule has 126 valence electrons. The number of urea groups is 1. The summed E-state index contributed by atoms with van der Waals surface area (Å²) < 4.78 is 1.97. The first-order chi connectivity index (χ1) is 10.8. The molecule has 1 atom stereocenters. The Bertz CT molecular complexity index is 674. The minimum absolute atomic E-state index is 0.00998. The Hall–Kier alpha value is -1.82. The summed E-state index contributed by atoms with van der Waals surface area (Å²) >= 11 is 1.70. The first kappa shape index (κ1) is 17.5. The van der Waals surface area contributed by atoms with Crippen LogP contribution in [0.4, 0.5) is 4.79 Å². The van der Waals surface area contributed by atoms with Crippen LogP contribution in [0.2, 0.25) is 0 Å². The van der Waals surface area contributed by atoms with E-state index in [0.29, 0.717) is 12.5 Å². The van der Waals surface area contributed by atoms with Gasteiger partial charge < -0.3 is 14.8 Å². The number of carbonyl (C=O) groups excluding carboxylic acids is 1. The highest BCUT2D eigenvalue weighted by Crippen LogP contribution is 2.31. The summed E-state index contributed by atoms with van der Waals surface area (Å²) in [4.78, 5) is 19.9. The van der Waals surface area contributed by atoms with Crippen molar-refractivity contribution in [3.05, 3.63) is 39.6 Å². The van der Waals surface area contributed by atoms with Gasteiger partial charge in [-0.15, -0.1) is 11.3 Å². The molecule has 2 heterocycles. The molecule has 1 N–H and O–H groups in total. The first-order valence-electron chi connectivity index (χ1n) is 7.88. The molecule has 6 heteroatoms. The smallest absolute Gasteiger partial charge is 0.317 e. The van der Waals surface area contributed by atoms with Crippen LogP contribution in [0, 0.1) is 6.92 Å². The van der Waals surface area contributed by atoms with Crippen LogP contribution in [0.15, 0.2) is 18.5 Å². The zero-order valence-electron chi connectivity index (χ0n) is 14.8. The summed E-state index contributed by atoms with van der Waals surface area (Å²) in [5.74, 6) is 0.414. The molecular weight excluding hydrogens is 308 g/mol. The fourth-order valence-electron chi connectivity index (χ4n) is 2.38. The van der Waals surface area contributed by atoms with Crippen LogP contribution in [0.3, 0.4) is 0 Å². The SMILES string of the molecule is Cc1nc(C(C)C)sc1[C@H](C)N(C)C(=O)NCc1ccn(C)c1. The van der Waals surface area contributed by atoms with Crippen LogP contribution < -0.4 is 5.32 Å². The molecule has 2 amide bonds. The van der Waals surface area contributed by atoms with Crippen molar-refractivity contribution in [3.8, 4) is 0 Å². The third kappa shape index (κ3) is 4.13. The molecule has 23 heavy (non-hydrogen) atoms. The van der Waals surface area contributed by atoms with Gasteiger partial charge in [-0.3, -0.25) is 0 Å². The molecule has 0 spiro atoms. The Morgan fingerprint density at radius 1 is 1.43 bits per heavy atom. The predicted octanol–water partition coefficient (Wildman–Crippen LogP) is 3.82. The number of hydrogen-bond acceptors (Lipinski definition) is 3. The highest BCUT2D eigenvalue weighted by molar-refractivity contribution is 7.11. The van der Waals surface area contributed by atoms with Crippen molar-refractivity contribution in [1.82, 2.24) is 19.8 Å². The molecule has 0 aliphatic rings. The summed E-state index contributed by atoms with van der Waals surface area (Å²) in [6.07, 6.45) is 3.98. The standard InChI is InChI=1S/C17H26N4OS/c1-11(2)16-19-12(3)15(23-16)13(4)21(6)17(22)18-9-14-7-8-20(5)10-14/h7-8,10-11,13H,9H2,1-6H3,(H,18,22)/t13-/m0/s1. The Morgan fingerprint density at radius 2 is 2.13 bits per heavy atom. The zero-order valence-corrected chi connectivity index (χ0v) is 15.6. The van der Waals surface area contributed by atoms with Crippen molar-refractivity contribution in [3.63, 3.8) is 0 Å². The zero-order chi connectivity index (χ0) is 17.1. The van der Waals surface area contributed by atoms with Gasteiger partial charge in [0.15, 0.2) is 0 Å². The third-order valence-electron chi connectivity index (χ3n) is 3.96. The highest BCUT2D eigenvalue weighted by atomic mass is 32.1. The summed E-state index contributed by atoms with van der Waals surface area (Å²) in [7, 11) is 3.80. The van der Waals surface area contributed by atoms with Gasteiger partial charge in [0, 0.05) is 43.8 Å². The lowest BCUT2D eigenvalue weighted by molar-refractivity contribution is 0.194. The molecule has 2 aromatic rings. The first-order valence-corrected chi connectivity index (χ1v) is 8.70. The van der Waals surface area contributed by atoms with Gasteiger partial charge in [0.2, 0.25) is 0 Å². The Labute approximate surface area is 142 Å². The van der Waals surface area contributed by atoms with Crippen LogP contribution in [0.5, 0.6) is 0 Å². The lowest BCUT2D eigenvalue weighted by Crippen LogP contribution is -2.38. The normalized spacial score (nSPS) is 12.5. The van der Waals surface area contributed by atoms with Crippen LogP contribution in [-0.4, -0.2) is 27.5 Å². The second-order valence-electron chi connectivity index (χ2n) is 6.29. The number of carbonyl (C=O) groups is 1. The monoisotopic (exact) mass is 334 g/mol. The fraction of sp³-hybridized carbons (Fsp3) is 0.529. The van der Waals surface area contributed by atoms with E-state index < -0.39 is 0 Å². The highest BCUT2D eigenvalue weighted by Gasteiger charge is 2.22. The van der Waals surface area contributed by atoms with Gasteiger partial charge in [0.1, 0.15) is 0 Å². The lowest BCUT2D eigenvalue weighted by atomic mass is 10.2. The number of aryl methyl sites for hydroxylation is 2. The average Bonchev–Trinajstić information content (AvgIpc) is 3.09. The van der Waals surface area contributed by atoms with Gasteiger partial charge in [-0.1, -0.05) is 13.8 Å². The van der Waals surface area contributed by atoms with Crippen LogP contribution in [-0.2, 0) is 13.6 Å². The van der Waals surface area contributed by atoms with E-state index in [-0.39, 0.29) is 12.1 Å². The predicted molar refractivity (Wildman–Crippen MR) is 94.8 cm³/mol. The maximum atomic E-state index is 12.4. The molecule has 5 nitrogen and oxygen atoms in total. The molecule has 0 fully saturated rings. The number of thiazole rings is 1. The number of nitrogens with zero attached hydrogens (tertiary/aromatic N) is 3. The van der Waals surface area contributed by atoms with Crippen molar-refractivity contribution in [2.24, 2.45) is 7.05 Å². The molecular formula is C17H26N4OS. The van der Waals surface area contributed by atoms with Gasteiger partial charge in [0.05, 0.1) is 16.7 Å². The second kappa shape index (κ2) is 7.17. The third-order valence-corrected chi connectivity index (χ3v) is 5.59. The number of aromatic nitrogens is 2. The molecule has 2 aromatic heterocycles. The lowest BCUT2D eigenvalue weighted by Gasteiger charge is -2.24. The minimum atomic E-state index is -0.0692. The Balaban J connectivity index is 2.00. The largest absolute Gasteiger partial charge is 0.357 e. The second-order valence-corrected chi connectivity index (χ2v) is 7.35. The quantitative estimate of drug-likeness (QED) is 0.904. The van der Waals surface area contributed by atoms with Gasteiger partial charge in [-0.25, -0.2) is 9.78 Å². The van der Waals surface area contributed by atoms with Crippen LogP contribution >= 0.6 is 11.3 Å². The minimum Gasteiger partial charge on any atom is -0.357 e. The topological polar surface area (TPSA) is 50.2 Å². The number of amides is 2. The maximum absolute atomic E-state index is 12.4. The number of nitrogens with one attached hydrogen (secondary N) is 1. The summed E-state index contributed by atoms with van der Waals surface area (Å²) in [6.45, 7) is 8.89. The van der Waals surface area contributed by atoms with E-state index in [1.54, 1.807) is 16.2 Å². The van der Waals surface area contributed by atoms with Crippen molar-refractivity contribution in [2.75, 3.05) is 7.05 Å². The van der Waals surface area contributed by atoms with E-state index in [2.05, 4.69) is 24.1 Å². The number of hydrogen-bond donors (Lipinski definition) is 1. The van der Waals surface area contributed by atoms with Gasteiger partial charge >= 0.3 is 6.03 Å². The summed E-state index contributed by atoms with van der Waals surface area (Å²) in [6, 6.07) is 1.95. The fourth-order valence-corrected chi connectivity index (χ4v) is 3.55. The Kier molecular flexibility index (Phi) is 5.46. The van der Waals surface area contributed by atoms with Crippen molar-refractivity contribution >= 4 is 17.4 Å². The van der Waals surface area contributed by atoms with Crippen molar-refractivity contribution in [2.45, 2.75) is 46.2 Å². The molecule has 0 aromatic carbocycles.